The van der Waals surface area contributed by atoms with Gasteiger partial charge in [-0.1, -0.05) is 0 Å². The molecule has 1 aliphatic heterocycles. The molecule has 2 aromatic carbocycles. The second-order valence-electron chi connectivity index (χ2n) is 7.26. The molecule has 162 valence electrons. The molecule has 0 saturated carbocycles. The molecule has 0 aliphatic carbocycles. The Labute approximate surface area is 179 Å². The highest BCUT2D eigenvalue weighted by Crippen LogP contribution is 2.28. The molecule has 1 N–H and O–H groups in total. The Bertz CT molecular complexity index is 997. The third-order valence-electron chi connectivity index (χ3n) is 4.97. The van der Waals surface area contributed by atoms with Crippen LogP contribution in [0.25, 0.3) is 0 Å². The number of ketones is 1. The van der Waals surface area contributed by atoms with Crippen LogP contribution in [0.4, 0.5) is 17.1 Å². The Morgan fingerprint density at radius 1 is 1.06 bits per heavy atom. The zero-order valence-corrected chi connectivity index (χ0v) is 17.1. The average Bonchev–Trinajstić information content (AvgIpc) is 2.77. The molecular formula is C22H23N3O6. The van der Waals surface area contributed by atoms with E-state index in [9.17, 15) is 24.5 Å². The number of nitrogens with one attached hydrogen (secondary N) is 1. The summed E-state index contributed by atoms with van der Waals surface area (Å²) in [6, 6.07) is 10.3. The van der Waals surface area contributed by atoms with E-state index in [1.165, 1.54) is 31.2 Å². The predicted octanol–water partition coefficient (Wildman–Crippen LogP) is 3.58. The number of rotatable bonds is 7. The highest BCUT2D eigenvalue weighted by atomic mass is 16.6. The number of carbonyl (C=O) groups is 3. The van der Waals surface area contributed by atoms with Crippen LogP contribution in [0.1, 0.15) is 46.9 Å². The molecule has 1 amide bonds. The number of hydrogen-bond donors (Lipinski definition) is 1. The number of anilines is 2. The zero-order chi connectivity index (χ0) is 22.4. The molecule has 1 saturated heterocycles. The Morgan fingerprint density at radius 3 is 2.35 bits per heavy atom. The Kier molecular flexibility index (Phi) is 6.96. The fraction of sp³-hybridized carbons (Fsp3) is 0.318. The highest BCUT2D eigenvalue weighted by Gasteiger charge is 2.23. The minimum atomic E-state index is -0.785. The first kappa shape index (κ1) is 21.9. The normalized spacial score (nSPS) is 13.4. The summed E-state index contributed by atoms with van der Waals surface area (Å²) in [5.41, 5.74) is 1.29. The number of esters is 1. The SMILES string of the molecule is CC(=O)Nc1ccc(C(=O)COC(=O)c2cc([N+](=O)[O-])ccc2N2CCCCC2)cc1. The summed E-state index contributed by atoms with van der Waals surface area (Å²) in [6.07, 6.45) is 3.04. The molecule has 0 bridgehead atoms. The molecule has 3 rings (SSSR count). The van der Waals surface area contributed by atoms with Crippen LogP contribution < -0.4 is 10.2 Å². The van der Waals surface area contributed by atoms with Crippen molar-refractivity contribution in [2.24, 2.45) is 0 Å². The second-order valence-corrected chi connectivity index (χ2v) is 7.26. The largest absolute Gasteiger partial charge is 0.454 e. The zero-order valence-electron chi connectivity index (χ0n) is 17.1. The molecule has 0 radical (unpaired) electrons. The van der Waals surface area contributed by atoms with Gasteiger partial charge in [-0.2, -0.15) is 0 Å². The molecule has 31 heavy (non-hydrogen) atoms. The summed E-state index contributed by atoms with van der Waals surface area (Å²) >= 11 is 0. The Balaban J connectivity index is 1.72. The number of carbonyl (C=O) groups excluding carboxylic acids is 3. The van der Waals surface area contributed by atoms with E-state index in [0.29, 0.717) is 16.9 Å². The van der Waals surface area contributed by atoms with Gasteiger partial charge in [-0.15, -0.1) is 0 Å². The topological polar surface area (TPSA) is 119 Å². The van der Waals surface area contributed by atoms with Gasteiger partial charge < -0.3 is 15.0 Å². The number of nitro groups is 1. The van der Waals surface area contributed by atoms with Gasteiger partial charge in [-0.25, -0.2) is 4.79 Å². The molecule has 2 aromatic rings. The van der Waals surface area contributed by atoms with Crippen LogP contribution >= 0.6 is 0 Å². The number of ether oxygens (including phenoxy) is 1. The number of nitrogens with zero attached hydrogens (tertiary/aromatic N) is 2. The van der Waals surface area contributed by atoms with E-state index in [-0.39, 0.29) is 17.2 Å². The van der Waals surface area contributed by atoms with Gasteiger partial charge in [0.15, 0.2) is 12.4 Å². The van der Waals surface area contributed by atoms with Crippen LogP contribution in [0.3, 0.4) is 0 Å². The maximum absolute atomic E-state index is 12.7. The van der Waals surface area contributed by atoms with Crippen molar-refractivity contribution in [2.75, 3.05) is 29.9 Å². The molecule has 1 aliphatic rings. The fourth-order valence-corrected chi connectivity index (χ4v) is 3.45. The van der Waals surface area contributed by atoms with Gasteiger partial charge in [0.1, 0.15) is 0 Å². The fourth-order valence-electron chi connectivity index (χ4n) is 3.45. The van der Waals surface area contributed by atoms with Crippen LogP contribution in [0.5, 0.6) is 0 Å². The van der Waals surface area contributed by atoms with E-state index < -0.39 is 23.3 Å². The van der Waals surface area contributed by atoms with Crippen LogP contribution in [-0.2, 0) is 9.53 Å². The number of nitro benzene ring substituents is 1. The van der Waals surface area contributed by atoms with Crippen molar-refractivity contribution in [1.82, 2.24) is 0 Å². The number of amides is 1. The number of piperidine rings is 1. The first-order valence-corrected chi connectivity index (χ1v) is 9.96. The summed E-state index contributed by atoms with van der Waals surface area (Å²) in [7, 11) is 0. The van der Waals surface area contributed by atoms with Crippen LogP contribution in [0.15, 0.2) is 42.5 Å². The molecule has 1 heterocycles. The van der Waals surface area contributed by atoms with Gasteiger partial charge in [-0.3, -0.25) is 19.7 Å². The van der Waals surface area contributed by atoms with Crippen molar-refractivity contribution in [3.63, 3.8) is 0 Å². The third-order valence-corrected chi connectivity index (χ3v) is 4.97. The van der Waals surface area contributed by atoms with Gasteiger partial charge in [0.05, 0.1) is 16.2 Å². The molecule has 0 unspecified atom stereocenters. The third kappa shape index (κ3) is 5.65. The van der Waals surface area contributed by atoms with Crippen LogP contribution in [0.2, 0.25) is 0 Å². The number of non-ortho nitro benzene ring substituents is 1. The maximum atomic E-state index is 12.7. The smallest absolute Gasteiger partial charge is 0.340 e. The number of hydrogen-bond acceptors (Lipinski definition) is 7. The van der Waals surface area contributed by atoms with Gasteiger partial charge in [-0.05, 0) is 49.6 Å². The minimum absolute atomic E-state index is 0.0740. The van der Waals surface area contributed by atoms with Crippen molar-refractivity contribution in [3.05, 3.63) is 63.7 Å². The summed E-state index contributed by atoms with van der Waals surface area (Å²) in [5, 5.41) is 13.8. The Hall–Kier alpha value is -3.75. The van der Waals surface area contributed by atoms with Crippen LogP contribution in [-0.4, -0.2) is 42.3 Å². The maximum Gasteiger partial charge on any atom is 0.340 e. The molecule has 0 atom stereocenters. The van der Waals surface area contributed by atoms with E-state index in [2.05, 4.69) is 5.32 Å². The summed E-state index contributed by atoms with van der Waals surface area (Å²) in [4.78, 5) is 48.8. The van der Waals surface area contributed by atoms with Crippen molar-refractivity contribution in [3.8, 4) is 0 Å². The second kappa shape index (κ2) is 9.84. The lowest BCUT2D eigenvalue weighted by molar-refractivity contribution is -0.384. The molecule has 1 fully saturated rings. The molecular weight excluding hydrogens is 402 g/mol. The van der Waals surface area contributed by atoms with Gasteiger partial charge in [0, 0.05) is 43.4 Å². The lowest BCUT2D eigenvalue weighted by Crippen LogP contribution is -2.31. The van der Waals surface area contributed by atoms with E-state index in [0.717, 1.165) is 32.4 Å². The Morgan fingerprint density at radius 2 is 1.74 bits per heavy atom. The van der Waals surface area contributed by atoms with Gasteiger partial charge >= 0.3 is 5.97 Å². The quantitative estimate of drug-likeness (QED) is 0.312. The number of Topliss-reactive ketones (excluding diaryl/α,β-unsaturated/α-hetero) is 1. The van der Waals surface area contributed by atoms with Gasteiger partial charge in [0.2, 0.25) is 5.91 Å². The molecule has 9 nitrogen and oxygen atoms in total. The van der Waals surface area contributed by atoms with Crippen molar-refractivity contribution >= 4 is 34.7 Å². The summed E-state index contributed by atoms with van der Waals surface area (Å²) in [5.74, 6) is -1.44. The lowest BCUT2D eigenvalue weighted by Gasteiger charge is -2.30. The molecule has 0 spiro atoms. The van der Waals surface area contributed by atoms with Crippen molar-refractivity contribution < 1.29 is 24.0 Å². The van der Waals surface area contributed by atoms with Gasteiger partial charge in [0.25, 0.3) is 5.69 Å². The van der Waals surface area contributed by atoms with Crippen molar-refractivity contribution in [2.45, 2.75) is 26.2 Å². The summed E-state index contributed by atoms with van der Waals surface area (Å²) in [6.45, 7) is 2.38. The monoisotopic (exact) mass is 425 g/mol. The standard InChI is InChI=1S/C22H23N3O6/c1-15(26)23-17-7-5-16(6-8-17)21(27)14-31-22(28)19-13-18(25(29)30)9-10-20(19)24-11-3-2-4-12-24/h5-10,13H,2-4,11-12,14H2,1H3,(H,23,26). The first-order chi connectivity index (χ1) is 14.8. The predicted molar refractivity (Wildman–Crippen MR) is 115 cm³/mol. The van der Waals surface area contributed by atoms with Crippen molar-refractivity contribution in [1.29, 1.82) is 0 Å². The lowest BCUT2D eigenvalue weighted by atomic mass is 10.1. The average molecular weight is 425 g/mol. The summed E-state index contributed by atoms with van der Waals surface area (Å²) < 4.78 is 5.20. The number of benzene rings is 2. The first-order valence-electron chi connectivity index (χ1n) is 9.96. The minimum Gasteiger partial charge on any atom is -0.454 e. The van der Waals surface area contributed by atoms with E-state index >= 15 is 0 Å². The van der Waals surface area contributed by atoms with Crippen LogP contribution in [0, 0.1) is 10.1 Å². The van der Waals surface area contributed by atoms with E-state index in [4.69, 9.17) is 4.74 Å². The highest BCUT2D eigenvalue weighted by molar-refractivity contribution is 6.01. The van der Waals surface area contributed by atoms with E-state index in [1.807, 2.05) is 4.90 Å². The molecule has 0 aromatic heterocycles. The van der Waals surface area contributed by atoms with E-state index in [1.54, 1.807) is 18.2 Å². The molecule has 9 heteroatoms.